The first kappa shape index (κ1) is 27.1. The van der Waals surface area contributed by atoms with Crippen molar-refractivity contribution in [3.8, 4) is 6.01 Å². The second-order valence-corrected chi connectivity index (χ2v) is 12.5. The zero-order valence-electron chi connectivity index (χ0n) is 22.2. The third-order valence-electron chi connectivity index (χ3n) is 7.45. The summed E-state index contributed by atoms with van der Waals surface area (Å²) >= 11 is 1.26. The van der Waals surface area contributed by atoms with Gasteiger partial charge in [0.25, 0.3) is 11.6 Å². The zero-order chi connectivity index (χ0) is 26.9. The van der Waals surface area contributed by atoms with E-state index < -0.39 is 5.97 Å². The summed E-state index contributed by atoms with van der Waals surface area (Å²) in [7, 11) is 0. The van der Waals surface area contributed by atoms with E-state index in [1.54, 1.807) is 0 Å². The van der Waals surface area contributed by atoms with E-state index in [2.05, 4.69) is 50.7 Å². The number of amides is 1. The fourth-order valence-electron chi connectivity index (χ4n) is 5.39. The maximum atomic E-state index is 14.2. The highest BCUT2D eigenvalue weighted by Gasteiger charge is 2.39. The van der Waals surface area contributed by atoms with Crippen LogP contribution in [0.3, 0.4) is 0 Å². The van der Waals surface area contributed by atoms with E-state index in [4.69, 9.17) is 4.74 Å². The number of hydrogen-bond acceptors (Lipinski definition) is 6. The van der Waals surface area contributed by atoms with Crippen LogP contribution in [-0.4, -0.2) is 39.1 Å². The van der Waals surface area contributed by atoms with Gasteiger partial charge in [0.15, 0.2) is 0 Å². The maximum Gasteiger partial charge on any atom is 0.348 e. The maximum absolute atomic E-state index is 14.2. The van der Waals surface area contributed by atoms with E-state index in [1.807, 2.05) is 11.0 Å². The van der Waals surface area contributed by atoms with Gasteiger partial charge in [-0.05, 0) is 62.8 Å². The van der Waals surface area contributed by atoms with Crippen LogP contribution in [0.15, 0.2) is 34.8 Å². The Bertz CT molecular complexity index is 1230. The van der Waals surface area contributed by atoms with Crippen molar-refractivity contribution in [1.82, 2.24) is 9.97 Å². The van der Waals surface area contributed by atoms with Crippen LogP contribution in [0.2, 0.25) is 0 Å². The highest BCUT2D eigenvalue weighted by molar-refractivity contribution is 7.14. The second-order valence-electron chi connectivity index (χ2n) is 11.5. The molecule has 2 aromatic heterocycles. The quantitative estimate of drug-likeness (QED) is 0.477. The molecule has 2 atom stereocenters. The summed E-state index contributed by atoms with van der Waals surface area (Å²) in [6, 6.07) is 3.32. The Hall–Kier alpha value is -2.94. The number of nitrogens with one attached hydrogen (secondary N) is 1. The molecule has 1 amide bonds. The van der Waals surface area contributed by atoms with Gasteiger partial charge in [-0.25, -0.2) is 9.78 Å². The lowest BCUT2D eigenvalue weighted by Gasteiger charge is -2.40. The molecule has 2 aromatic rings. The fourth-order valence-corrected chi connectivity index (χ4v) is 6.43. The predicted octanol–water partition coefficient (Wildman–Crippen LogP) is 5.54. The van der Waals surface area contributed by atoms with Crippen LogP contribution < -0.4 is 15.2 Å². The number of H-pyrrole nitrogens is 1. The number of carbonyl (C=O) groups excluding carboxylic acids is 1. The Morgan fingerprint density at radius 1 is 1.22 bits per heavy atom. The zero-order valence-corrected chi connectivity index (χ0v) is 23.1. The summed E-state index contributed by atoms with van der Waals surface area (Å²) in [6.07, 6.45) is 7.65. The molecule has 37 heavy (non-hydrogen) atoms. The lowest BCUT2D eigenvalue weighted by molar-refractivity contribution is -0.124. The highest BCUT2D eigenvalue weighted by atomic mass is 32.1. The number of thiophene rings is 1. The van der Waals surface area contributed by atoms with E-state index in [0.717, 1.165) is 11.3 Å². The van der Waals surface area contributed by atoms with Gasteiger partial charge in [0.2, 0.25) is 5.91 Å². The summed E-state index contributed by atoms with van der Waals surface area (Å²) < 4.78 is 5.92. The van der Waals surface area contributed by atoms with Crippen LogP contribution in [0, 0.1) is 11.8 Å². The van der Waals surface area contributed by atoms with E-state index in [0.29, 0.717) is 37.8 Å². The molecule has 2 aliphatic carbocycles. The number of rotatable bonds is 6. The SMILES string of the molecule is CC1=CC[C@H](C(=O)N(c2cc(C(C)(C)C)sc2C(=O)O)[C@H]2CC[C@H](Oc3nccc(=O)[nH]3)CC2)[C@@H](C)C1. The molecule has 0 bridgehead atoms. The standard InChI is InChI=1S/C28H37N3O5S/c1-16-6-11-20(17(2)14-16)25(33)31(21-15-22(28(3,4)5)37-24(21)26(34)35)18-7-9-19(10-8-18)36-27-29-13-12-23(32)30-27/h6,12-13,15,17-20H,7-11,14H2,1-5H3,(H,34,35)(H,29,30,32)/t17-,18-,19-,20-/m0/s1. The van der Waals surface area contributed by atoms with Gasteiger partial charge in [0, 0.05) is 29.1 Å². The number of carbonyl (C=O) groups is 2. The third kappa shape index (κ3) is 6.14. The fraction of sp³-hybridized carbons (Fsp3) is 0.571. The minimum absolute atomic E-state index is 0.00966. The van der Waals surface area contributed by atoms with Gasteiger partial charge in [-0.1, -0.05) is 39.3 Å². The van der Waals surface area contributed by atoms with Crippen LogP contribution in [0.25, 0.3) is 0 Å². The van der Waals surface area contributed by atoms with Crippen molar-refractivity contribution in [2.75, 3.05) is 4.90 Å². The van der Waals surface area contributed by atoms with Crippen molar-refractivity contribution in [3.63, 3.8) is 0 Å². The average Bonchev–Trinajstić information content (AvgIpc) is 3.26. The number of hydrogen-bond donors (Lipinski definition) is 2. The molecule has 8 nitrogen and oxygen atoms in total. The van der Waals surface area contributed by atoms with E-state index in [1.165, 1.54) is 29.2 Å². The molecule has 0 saturated heterocycles. The number of anilines is 1. The number of aromatic carboxylic acids is 1. The molecule has 1 fully saturated rings. The number of ether oxygens (including phenoxy) is 1. The van der Waals surface area contributed by atoms with Gasteiger partial charge in [-0.15, -0.1) is 11.3 Å². The molecule has 0 radical (unpaired) electrons. The van der Waals surface area contributed by atoms with Gasteiger partial charge < -0.3 is 14.7 Å². The normalized spacial score (nSPS) is 24.3. The molecule has 0 spiro atoms. The van der Waals surface area contributed by atoms with E-state index >= 15 is 0 Å². The summed E-state index contributed by atoms with van der Waals surface area (Å²) in [5, 5.41) is 10.1. The second kappa shape index (κ2) is 10.8. The van der Waals surface area contributed by atoms with Crippen LogP contribution >= 0.6 is 11.3 Å². The first-order valence-electron chi connectivity index (χ1n) is 13.0. The minimum atomic E-state index is -1.00. The van der Waals surface area contributed by atoms with E-state index in [9.17, 15) is 19.5 Å². The minimum Gasteiger partial charge on any atom is -0.477 e. The third-order valence-corrected chi connectivity index (χ3v) is 8.98. The average molecular weight is 528 g/mol. The Morgan fingerprint density at radius 3 is 2.51 bits per heavy atom. The summed E-state index contributed by atoms with van der Waals surface area (Å²) in [6.45, 7) is 10.4. The molecule has 9 heteroatoms. The Kier molecular flexibility index (Phi) is 7.92. The van der Waals surface area contributed by atoms with Gasteiger partial charge in [-0.3, -0.25) is 14.6 Å². The Balaban J connectivity index is 1.64. The lowest BCUT2D eigenvalue weighted by Crippen LogP contribution is -2.48. The van der Waals surface area contributed by atoms with Crippen LogP contribution in [0.4, 0.5) is 5.69 Å². The van der Waals surface area contributed by atoms with Gasteiger partial charge in [0.1, 0.15) is 11.0 Å². The summed E-state index contributed by atoms with van der Waals surface area (Å²) in [5.41, 5.74) is 1.31. The number of aromatic nitrogens is 2. The molecule has 2 N–H and O–H groups in total. The molecule has 2 heterocycles. The first-order chi connectivity index (χ1) is 17.4. The van der Waals surface area contributed by atoms with Crippen molar-refractivity contribution >= 4 is 28.9 Å². The molecule has 1 saturated carbocycles. The molecular weight excluding hydrogens is 490 g/mol. The number of carboxylic acid groups (broad SMARTS) is 1. The largest absolute Gasteiger partial charge is 0.477 e. The number of aromatic amines is 1. The van der Waals surface area contributed by atoms with Gasteiger partial charge in [-0.2, -0.15) is 0 Å². The van der Waals surface area contributed by atoms with Crippen molar-refractivity contribution in [3.05, 3.63) is 50.1 Å². The van der Waals surface area contributed by atoms with Gasteiger partial charge >= 0.3 is 5.97 Å². The van der Waals surface area contributed by atoms with Crippen molar-refractivity contribution < 1.29 is 19.4 Å². The molecule has 2 aliphatic rings. The summed E-state index contributed by atoms with van der Waals surface area (Å²) in [5.74, 6) is -0.988. The molecular formula is C28H37N3O5S. The van der Waals surface area contributed by atoms with Crippen LogP contribution in [0.1, 0.15) is 87.7 Å². The van der Waals surface area contributed by atoms with Crippen molar-refractivity contribution in [2.24, 2.45) is 11.8 Å². The number of allylic oxidation sites excluding steroid dienone is 2. The van der Waals surface area contributed by atoms with Gasteiger partial charge in [0.05, 0.1) is 5.69 Å². The Morgan fingerprint density at radius 2 is 1.92 bits per heavy atom. The van der Waals surface area contributed by atoms with Crippen molar-refractivity contribution in [1.29, 1.82) is 0 Å². The molecule has 0 aromatic carbocycles. The lowest BCUT2D eigenvalue weighted by atomic mass is 9.79. The highest BCUT2D eigenvalue weighted by Crippen LogP contribution is 2.42. The molecule has 200 valence electrons. The first-order valence-corrected chi connectivity index (χ1v) is 13.8. The van der Waals surface area contributed by atoms with E-state index in [-0.39, 0.29) is 51.8 Å². The topological polar surface area (TPSA) is 113 Å². The molecule has 0 aliphatic heterocycles. The number of nitrogens with zero attached hydrogens (tertiary/aromatic N) is 2. The van der Waals surface area contributed by atoms with Crippen LogP contribution in [0.5, 0.6) is 6.01 Å². The summed E-state index contributed by atoms with van der Waals surface area (Å²) in [4.78, 5) is 47.8. The Labute approximate surface area is 221 Å². The van der Waals surface area contributed by atoms with Crippen molar-refractivity contribution in [2.45, 2.75) is 90.7 Å². The molecule has 0 unspecified atom stereocenters. The predicted molar refractivity (Wildman–Crippen MR) is 145 cm³/mol. The monoisotopic (exact) mass is 527 g/mol. The molecule has 4 rings (SSSR count). The van der Waals surface area contributed by atoms with Crippen LogP contribution in [-0.2, 0) is 10.2 Å². The number of carboxylic acids is 1. The smallest absolute Gasteiger partial charge is 0.348 e.